The van der Waals surface area contributed by atoms with E-state index in [4.69, 9.17) is 0 Å². The molecule has 0 unspecified atom stereocenters. The standard InChI is InChI=1S/C60H38N2/c1-2-11-39(12-3-1)40-21-29-45(30-22-40)61(46-31-23-41(24-32-46)43-27-35-52-50-15-5-4-13-48(50)49-14-6-7-16-51(49)57(52)37-43)47-33-25-42(26-34-47)44-28-36-54-56-19-10-18-55-53-17-8-9-20-58(53)62(60(55)56)59(54)38-44/h1-38H. The Morgan fingerprint density at radius 2 is 0.597 bits per heavy atom. The molecule has 0 aliphatic rings. The predicted molar refractivity (Wildman–Crippen MR) is 265 cm³/mol. The van der Waals surface area contributed by atoms with E-state index in [2.05, 4.69) is 240 Å². The van der Waals surface area contributed by atoms with E-state index < -0.39 is 0 Å². The van der Waals surface area contributed by atoms with Crippen LogP contribution in [0.2, 0.25) is 0 Å². The van der Waals surface area contributed by atoms with Crippen molar-refractivity contribution >= 4 is 87.5 Å². The van der Waals surface area contributed by atoms with Crippen molar-refractivity contribution < 1.29 is 0 Å². The highest BCUT2D eigenvalue weighted by molar-refractivity contribution is 6.26. The van der Waals surface area contributed by atoms with E-state index in [-0.39, 0.29) is 0 Å². The molecule has 0 aliphatic carbocycles. The predicted octanol–water partition coefficient (Wildman–Crippen LogP) is 16.8. The molecule has 13 rings (SSSR count). The maximum absolute atomic E-state index is 2.46. The summed E-state index contributed by atoms with van der Waals surface area (Å²) in [5, 5.41) is 12.9. The Bertz CT molecular complexity index is 3790. The van der Waals surface area contributed by atoms with Gasteiger partial charge in [-0.3, -0.25) is 0 Å². The van der Waals surface area contributed by atoms with Crippen LogP contribution in [0.25, 0.3) is 104 Å². The number of hydrogen-bond donors (Lipinski definition) is 0. The Morgan fingerprint density at radius 1 is 0.226 bits per heavy atom. The third kappa shape index (κ3) is 5.30. The number of rotatable bonds is 6. The van der Waals surface area contributed by atoms with Gasteiger partial charge >= 0.3 is 0 Å². The fraction of sp³-hybridized carbons (Fsp3) is 0. The van der Waals surface area contributed by atoms with Gasteiger partial charge in [0, 0.05) is 38.6 Å². The molecule has 2 heterocycles. The Hall–Kier alpha value is -8.20. The third-order valence-corrected chi connectivity index (χ3v) is 13.1. The maximum atomic E-state index is 2.46. The lowest BCUT2D eigenvalue weighted by molar-refractivity contribution is 1.28. The van der Waals surface area contributed by atoms with Gasteiger partial charge in [-0.25, -0.2) is 0 Å². The van der Waals surface area contributed by atoms with E-state index in [1.807, 2.05) is 0 Å². The number of nitrogens with zero attached hydrogens (tertiary/aromatic N) is 2. The van der Waals surface area contributed by atoms with Crippen molar-refractivity contribution in [1.82, 2.24) is 4.40 Å². The van der Waals surface area contributed by atoms with Crippen molar-refractivity contribution in [2.24, 2.45) is 0 Å². The lowest BCUT2D eigenvalue weighted by Crippen LogP contribution is -2.09. The van der Waals surface area contributed by atoms with Crippen LogP contribution >= 0.6 is 0 Å². The van der Waals surface area contributed by atoms with Gasteiger partial charge < -0.3 is 9.30 Å². The third-order valence-electron chi connectivity index (χ3n) is 13.1. The van der Waals surface area contributed by atoms with Crippen LogP contribution in [-0.2, 0) is 0 Å². The van der Waals surface area contributed by atoms with Gasteiger partial charge in [0.25, 0.3) is 0 Å². The van der Waals surface area contributed by atoms with Crippen molar-refractivity contribution in [3.05, 3.63) is 231 Å². The van der Waals surface area contributed by atoms with E-state index in [1.54, 1.807) is 0 Å². The van der Waals surface area contributed by atoms with Gasteiger partial charge in [-0.1, -0.05) is 176 Å². The van der Waals surface area contributed by atoms with Crippen molar-refractivity contribution in [3.8, 4) is 33.4 Å². The van der Waals surface area contributed by atoms with Crippen LogP contribution in [0.3, 0.4) is 0 Å². The van der Waals surface area contributed by atoms with Crippen LogP contribution in [0.4, 0.5) is 17.1 Å². The lowest BCUT2D eigenvalue weighted by Gasteiger charge is -2.26. The zero-order valence-corrected chi connectivity index (χ0v) is 33.8. The second-order valence-electron chi connectivity index (χ2n) is 16.5. The molecule has 0 amide bonds. The van der Waals surface area contributed by atoms with Crippen molar-refractivity contribution in [2.45, 2.75) is 0 Å². The summed E-state index contributed by atoms with van der Waals surface area (Å²) in [5.74, 6) is 0. The molecule has 0 bridgehead atoms. The minimum atomic E-state index is 1.10. The number of para-hydroxylation sites is 2. The van der Waals surface area contributed by atoms with E-state index >= 15 is 0 Å². The highest BCUT2D eigenvalue weighted by Gasteiger charge is 2.19. The first-order chi connectivity index (χ1) is 30.7. The SMILES string of the molecule is c1ccc(-c2ccc(N(c3ccc(-c4ccc5c6ccccc6c6ccccc6c5c4)cc3)c3ccc(-c4ccc5c6cccc7c8ccccc8n(c5c4)c76)cc3)cc2)cc1. The molecule has 288 valence electrons. The molecule has 0 aliphatic heterocycles. The van der Waals surface area contributed by atoms with Gasteiger partial charge in [-0.15, -0.1) is 0 Å². The summed E-state index contributed by atoms with van der Waals surface area (Å²) in [6.45, 7) is 0. The summed E-state index contributed by atoms with van der Waals surface area (Å²) in [7, 11) is 0. The Morgan fingerprint density at radius 3 is 1.16 bits per heavy atom. The average molecular weight is 787 g/mol. The molecule has 0 fully saturated rings. The van der Waals surface area contributed by atoms with Crippen LogP contribution < -0.4 is 4.90 Å². The molecule has 62 heavy (non-hydrogen) atoms. The fourth-order valence-electron chi connectivity index (χ4n) is 10.2. The zero-order chi connectivity index (χ0) is 40.7. The summed E-state index contributed by atoms with van der Waals surface area (Å²) >= 11 is 0. The minimum absolute atomic E-state index is 1.10. The van der Waals surface area contributed by atoms with Crippen molar-refractivity contribution in [3.63, 3.8) is 0 Å². The highest BCUT2D eigenvalue weighted by Crippen LogP contribution is 2.42. The van der Waals surface area contributed by atoms with Crippen LogP contribution in [0.15, 0.2) is 231 Å². The van der Waals surface area contributed by atoms with Crippen LogP contribution in [0.5, 0.6) is 0 Å². The number of fused-ring (bicyclic) bond motifs is 12. The molecule has 0 saturated carbocycles. The fourth-order valence-corrected chi connectivity index (χ4v) is 10.2. The molecule has 0 saturated heterocycles. The lowest BCUT2D eigenvalue weighted by atomic mass is 9.92. The number of hydrogen-bond acceptors (Lipinski definition) is 1. The average Bonchev–Trinajstić information content (AvgIpc) is 3.87. The topological polar surface area (TPSA) is 7.65 Å². The minimum Gasteiger partial charge on any atom is -0.311 e. The van der Waals surface area contributed by atoms with Gasteiger partial charge in [-0.2, -0.15) is 0 Å². The van der Waals surface area contributed by atoms with Crippen LogP contribution in [0.1, 0.15) is 0 Å². The Labute approximate surface area is 359 Å². The molecular formula is C60H38N2. The van der Waals surface area contributed by atoms with E-state index in [1.165, 1.54) is 104 Å². The molecule has 2 heteroatoms. The molecule has 11 aromatic carbocycles. The second-order valence-corrected chi connectivity index (χ2v) is 16.5. The summed E-state index contributed by atoms with van der Waals surface area (Å²) in [4.78, 5) is 2.37. The molecule has 2 aromatic heterocycles. The van der Waals surface area contributed by atoms with Gasteiger partial charge in [-0.05, 0) is 120 Å². The molecule has 0 N–H and O–H groups in total. The molecule has 2 nitrogen and oxygen atoms in total. The zero-order valence-electron chi connectivity index (χ0n) is 33.8. The molecular weight excluding hydrogens is 749 g/mol. The summed E-state index contributed by atoms with van der Waals surface area (Å²) in [6.07, 6.45) is 0. The second kappa shape index (κ2) is 13.7. The molecule has 13 aromatic rings. The van der Waals surface area contributed by atoms with Gasteiger partial charge in [0.05, 0.1) is 16.6 Å². The van der Waals surface area contributed by atoms with E-state index in [0.29, 0.717) is 0 Å². The number of aromatic nitrogens is 1. The maximum Gasteiger partial charge on any atom is 0.0620 e. The quantitative estimate of drug-likeness (QED) is 0.152. The summed E-state index contributed by atoms with van der Waals surface area (Å²) in [6, 6.07) is 84.6. The Balaban J connectivity index is 0.898. The normalized spacial score (nSPS) is 11.9. The first-order valence-electron chi connectivity index (χ1n) is 21.4. The smallest absolute Gasteiger partial charge is 0.0620 e. The monoisotopic (exact) mass is 786 g/mol. The molecule has 0 atom stereocenters. The molecule has 0 spiro atoms. The largest absolute Gasteiger partial charge is 0.311 e. The highest BCUT2D eigenvalue weighted by atomic mass is 15.1. The summed E-state index contributed by atoms with van der Waals surface area (Å²) in [5.41, 5.74) is 14.3. The van der Waals surface area contributed by atoms with Crippen LogP contribution in [-0.4, -0.2) is 4.40 Å². The number of anilines is 3. The van der Waals surface area contributed by atoms with Crippen molar-refractivity contribution in [2.75, 3.05) is 4.90 Å². The van der Waals surface area contributed by atoms with E-state index in [0.717, 1.165) is 17.1 Å². The summed E-state index contributed by atoms with van der Waals surface area (Å²) < 4.78 is 2.46. The number of benzene rings is 11. The van der Waals surface area contributed by atoms with Gasteiger partial charge in [0.2, 0.25) is 0 Å². The first kappa shape index (κ1) is 34.6. The van der Waals surface area contributed by atoms with E-state index in [9.17, 15) is 0 Å². The van der Waals surface area contributed by atoms with Crippen molar-refractivity contribution in [1.29, 1.82) is 0 Å². The Kier molecular flexibility index (Phi) is 7.64. The first-order valence-corrected chi connectivity index (χ1v) is 21.4. The van der Waals surface area contributed by atoms with Gasteiger partial charge in [0.1, 0.15) is 0 Å². The molecule has 0 radical (unpaired) electrons. The van der Waals surface area contributed by atoms with Crippen LogP contribution in [0, 0.1) is 0 Å². The van der Waals surface area contributed by atoms with Gasteiger partial charge in [0.15, 0.2) is 0 Å².